The number of hydrogen-bond acceptors (Lipinski definition) is 6. The van der Waals surface area contributed by atoms with E-state index in [1.165, 1.54) is 12.1 Å². The largest absolute Gasteiger partial charge is 0.496 e. The van der Waals surface area contributed by atoms with Crippen molar-refractivity contribution in [3.05, 3.63) is 71.1 Å². The van der Waals surface area contributed by atoms with E-state index >= 15 is 0 Å². The third-order valence-electron chi connectivity index (χ3n) is 6.79. The molecule has 1 aliphatic carbocycles. The molecule has 1 aliphatic rings. The van der Waals surface area contributed by atoms with Gasteiger partial charge in [-0.1, -0.05) is 55.5 Å². The van der Waals surface area contributed by atoms with Gasteiger partial charge in [0.1, 0.15) is 11.2 Å². The Hall–Kier alpha value is -2.97. The van der Waals surface area contributed by atoms with Crippen LogP contribution in [-0.4, -0.2) is 37.7 Å². The molecule has 0 saturated heterocycles. The van der Waals surface area contributed by atoms with Crippen molar-refractivity contribution in [1.82, 2.24) is 9.97 Å². The quantitative estimate of drug-likeness (QED) is 0.472. The second kappa shape index (κ2) is 9.95. The maximum absolute atomic E-state index is 13.2. The molecule has 0 radical (unpaired) electrons. The average Bonchev–Trinajstić information content (AvgIpc) is 3.34. The van der Waals surface area contributed by atoms with Gasteiger partial charge in [-0.05, 0) is 42.2 Å². The molecule has 184 valence electrons. The van der Waals surface area contributed by atoms with Gasteiger partial charge in [0, 0.05) is 11.8 Å². The molecular formula is C26H28ClN3O4S. The molecule has 7 nitrogen and oxygen atoms in total. The monoisotopic (exact) mass is 513 g/mol. The molecule has 0 bridgehead atoms. The van der Waals surface area contributed by atoms with Gasteiger partial charge in [0.15, 0.2) is 9.84 Å². The van der Waals surface area contributed by atoms with Crippen LogP contribution in [0.4, 0.5) is 0 Å². The van der Waals surface area contributed by atoms with Crippen molar-refractivity contribution >= 4 is 27.3 Å². The van der Waals surface area contributed by atoms with Gasteiger partial charge >= 0.3 is 0 Å². The highest BCUT2D eigenvalue weighted by atomic mass is 35.5. The van der Waals surface area contributed by atoms with Crippen LogP contribution in [0.5, 0.6) is 5.75 Å². The van der Waals surface area contributed by atoms with Crippen LogP contribution in [0.3, 0.4) is 0 Å². The topological polar surface area (TPSA) is 112 Å². The molecule has 1 atom stereocenters. The van der Waals surface area contributed by atoms with E-state index in [-0.39, 0.29) is 15.8 Å². The second-order valence-electron chi connectivity index (χ2n) is 9.03. The van der Waals surface area contributed by atoms with Crippen LogP contribution in [0.2, 0.25) is 5.02 Å². The smallest absolute Gasteiger partial charge is 0.234 e. The molecule has 2 N–H and O–H groups in total. The summed E-state index contributed by atoms with van der Waals surface area (Å²) in [6.07, 6.45) is 8.85. The highest BCUT2D eigenvalue weighted by molar-refractivity contribution is 7.90. The molecule has 1 unspecified atom stereocenters. The Morgan fingerprint density at radius 2 is 1.86 bits per heavy atom. The number of sulfone groups is 1. The van der Waals surface area contributed by atoms with Crippen molar-refractivity contribution in [3.63, 3.8) is 0 Å². The summed E-state index contributed by atoms with van der Waals surface area (Å²) in [6.45, 7) is 0. The number of hydrogen-bond donors (Lipinski definition) is 1. The van der Waals surface area contributed by atoms with Gasteiger partial charge in [0.25, 0.3) is 0 Å². The molecule has 9 heteroatoms. The second-order valence-corrected chi connectivity index (χ2v) is 11.4. The fourth-order valence-corrected chi connectivity index (χ4v) is 6.33. The molecule has 0 aliphatic heterocycles. The number of halogens is 1. The van der Waals surface area contributed by atoms with Gasteiger partial charge in [-0.3, -0.25) is 14.8 Å². The number of amides is 1. The van der Waals surface area contributed by atoms with E-state index in [0.29, 0.717) is 29.1 Å². The van der Waals surface area contributed by atoms with Crippen LogP contribution in [-0.2, 0) is 20.0 Å². The maximum Gasteiger partial charge on any atom is 0.234 e. The van der Waals surface area contributed by atoms with Gasteiger partial charge in [-0.25, -0.2) is 8.42 Å². The number of nitrogens with zero attached hydrogens (tertiary/aromatic N) is 2. The number of benzene rings is 2. The number of rotatable bonds is 8. The fourth-order valence-electron chi connectivity index (χ4n) is 5.00. The minimum atomic E-state index is -3.53. The first-order chi connectivity index (χ1) is 16.7. The van der Waals surface area contributed by atoms with E-state index in [1.54, 1.807) is 25.6 Å². The summed E-state index contributed by atoms with van der Waals surface area (Å²) in [5.41, 5.74) is 7.07. The third-order valence-corrected chi connectivity index (χ3v) is 8.37. The summed E-state index contributed by atoms with van der Waals surface area (Å²) in [5.74, 6) is 0.350. The number of nitrogens with two attached hydrogens (primary N) is 1. The maximum atomic E-state index is 13.2. The molecule has 1 saturated carbocycles. The Balaban J connectivity index is 1.86. The molecule has 1 aromatic heterocycles. The number of methoxy groups -OCH3 is 1. The molecule has 0 spiro atoms. The lowest BCUT2D eigenvalue weighted by Gasteiger charge is -2.33. The third kappa shape index (κ3) is 4.90. The van der Waals surface area contributed by atoms with Crippen LogP contribution in [0.15, 0.2) is 59.8 Å². The molecule has 1 amide bonds. The Bertz CT molecular complexity index is 1340. The number of aromatic nitrogens is 2. The zero-order valence-electron chi connectivity index (χ0n) is 19.7. The number of ether oxygens (including phenoxy) is 1. The van der Waals surface area contributed by atoms with Gasteiger partial charge < -0.3 is 10.5 Å². The summed E-state index contributed by atoms with van der Waals surface area (Å²) >= 11 is 6.39. The zero-order valence-corrected chi connectivity index (χ0v) is 21.3. The van der Waals surface area contributed by atoms with E-state index in [2.05, 4.69) is 9.97 Å². The normalized spacial score (nSPS) is 16.1. The van der Waals surface area contributed by atoms with Crippen molar-refractivity contribution in [2.24, 2.45) is 11.7 Å². The van der Waals surface area contributed by atoms with Crippen LogP contribution < -0.4 is 10.5 Å². The molecule has 2 aromatic carbocycles. The van der Waals surface area contributed by atoms with Crippen LogP contribution in [0.25, 0.3) is 11.3 Å². The predicted molar refractivity (Wildman–Crippen MR) is 135 cm³/mol. The SMILES string of the molecule is COc1ccccc1-c1cnc(C(CC2CCCC2)(C(N)=O)c2ccc(S(C)(=O)=O)c(Cl)c2)cn1. The molecule has 1 fully saturated rings. The van der Waals surface area contributed by atoms with Gasteiger partial charge in [0.2, 0.25) is 5.91 Å². The first-order valence-corrected chi connectivity index (χ1v) is 13.7. The number of primary amides is 1. The van der Waals surface area contributed by atoms with E-state index in [9.17, 15) is 13.2 Å². The lowest BCUT2D eigenvalue weighted by atomic mass is 9.70. The van der Waals surface area contributed by atoms with Gasteiger partial charge in [0.05, 0.1) is 40.8 Å². The fraction of sp³-hybridized carbons (Fsp3) is 0.346. The highest BCUT2D eigenvalue weighted by Crippen LogP contribution is 2.43. The van der Waals surface area contributed by atoms with Crippen molar-refractivity contribution in [2.45, 2.75) is 42.4 Å². The molecular weight excluding hydrogens is 486 g/mol. The van der Waals surface area contributed by atoms with Crippen molar-refractivity contribution in [3.8, 4) is 17.0 Å². The summed E-state index contributed by atoms with van der Waals surface area (Å²) in [7, 11) is -1.95. The molecule has 3 aromatic rings. The Morgan fingerprint density at radius 1 is 1.14 bits per heavy atom. The molecule has 1 heterocycles. The zero-order chi connectivity index (χ0) is 25.2. The Kier molecular flexibility index (Phi) is 7.15. The van der Waals surface area contributed by atoms with Crippen molar-refractivity contribution in [2.75, 3.05) is 13.4 Å². The Morgan fingerprint density at radius 3 is 2.43 bits per heavy atom. The van der Waals surface area contributed by atoms with E-state index in [0.717, 1.165) is 37.5 Å². The van der Waals surface area contributed by atoms with Crippen molar-refractivity contribution < 1.29 is 17.9 Å². The lowest BCUT2D eigenvalue weighted by molar-refractivity contribution is -0.122. The Labute approximate surface area is 210 Å². The van der Waals surface area contributed by atoms with E-state index in [4.69, 9.17) is 22.1 Å². The number of para-hydroxylation sites is 1. The number of carbonyl (C=O) groups is 1. The van der Waals surface area contributed by atoms with E-state index in [1.807, 2.05) is 24.3 Å². The van der Waals surface area contributed by atoms with Gasteiger partial charge in [-0.15, -0.1) is 0 Å². The molecule has 35 heavy (non-hydrogen) atoms. The predicted octanol–water partition coefficient (Wildman–Crippen LogP) is 4.56. The number of carbonyl (C=O) groups excluding carboxylic acids is 1. The summed E-state index contributed by atoms with van der Waals surface area (Å²) in [5, 5.41) is 0.0423. The van der Waals surface area contributed by atoms with Crippen LogP contribution in [0, 0.1) is 5.92 Å². The minimum Gasteiger partial charge on any atom is -0.496 e. The van der Waals surface area contributed by atoms with Crippen LogP contribution in [0.1, 0.15) is 43.4 Å². The molecule has 4 rings (SSSR count). The standard InChI is InChI=1S/C26H28ClN3O4S/c1-34-22-10-6-5-9-19(22)21-15-30-24(16-29-21)26(25(28)31,14-17-7-3-4-8-17)18-11-12-23(20(27)13-18)35(2,32)33/h5-6,9-13,15-17H,3-4,7-8,14H2,1-2H3,(H2,28,31). The summed E-state index contributed by atoms with van der Waals surface area (Å²) in [4.78, 5) is 22.5. The average molecular weight is 514 g/mol. The van der Waals surface area contributed by atoms with Crippen molar-refractivity contribution in [1.29, 1.82) is 0 Å². The first kappa shape index (κ1) is 25.1. The minimum absolute atomic E-state index is 0.000224. The first-order valence-electron chi connectivity index (χ1n) is 11.4. The lowest BCUT2D eigenvalue weighted by Crippen LogP contribution is -2.44. The van der Waals surface area contributed by atoms with E-state index < -0.39 is 21.2 Å². The van der Waals surface area contributed by atoms with Crippen LogP contribution >= 0.6 is 11.6 Å². The van der Waals surface area contributed by atoms with Gasteiger partial charge in [-0.2, -0.15) is 0 Å². The highest BCUT2D eigenvalue weighted by Gasteiger charge is 2.45. The summed E-state index contributed by atoms with van der Waals surface area (Å²) in [6, 6.07) is 12.0. The summed E-state index contributed by atoms with van der Waals surface area (Å²) < 4.78 is 29.7.